The van der Waals surface area contributed by atoms with Crippen molar-refractivity contribution in [3.8, 4) is 0 Å². The number of nitrogens with one attached hydrogen (secondary N) is 1. The zero-order chi connectivity index (χ0) is 12.4. The van der Waals surface area contributed by atoms with Gasteiger partial charge in [0.2, 0.25) is 0 Å². The lowest BCUT2D eigenvalue weighted by atomic mass is 10.2. The van der Waals surface area contributed by atoms with E-state index in [1.807, 2.05) is 42.6 Å². The summed E-state index contributed by atoms with van der Waals surface area (Å²) in [5.74, 6) is 1.29. The van der Waals surface area contributed by atoms with E-state index in [0.717, 1.165) is 22.7 Å². The van der Waals surface area contributed by atoms with Crippen LogP contribution in [0.4, 0.5) is 11.5 Å². The fourth-order valence-electron chi connectivity index (χ4n) is 1.76. The highest BCUT2D eigenvalue weighted by atomic mass is 35.5. The van der Waals surface area contributed by atoms with Gasteiger partial charge < -0.3 is 5.32 Å². The second-order valence-electron chi connectivity index (χ2n) is 3.91. The van der Waals surface area contributed by atoms with E-state index in [4.69, 9.17) is 11.6 Å². The second-order valence-corrected chi connectivity index (χ2v) is 4.17. The van der Waals surface area contributed by atoms with Gasteiger partial charge in [0.1, 0.15) is 5.82 Å². The van der Waals surface area contributed by atoms with Crippen molar-refractivity contribution in [3.05, 3.63) is 54.4 Å². The minimum Gasteiger partial charge on any atom is -0.340 e. The molecule has 0 aliphatic rings. The minimum atomic E-state index is 0.505. The highest BCUT2D eigenvalue weighted by molar-refractivity contribution is 6.17. The van der Waals surface area contributed by atoms with Crippen molar-refractivity contribution in [2.45, 2.75) is 5.88 Å². The summed E-state index contributed by atoms with van der Waals surface area (Å²) < 4.78 is 1.72. The molecule has 0 spiro atoms. The van der Waals surface area contributed by atoms with Crippen molar-refractivity contribution in [3.63, 3.8) is 0 Å². The summed E-state index contributed by atoms with van der Waals surface area (Å²) in [5.41, 5.74) is 2.87. The normalized spacial score (nSPS) is 10.7. The number of nitrogens with zero attached hydrogens (tertiary/aromatic N) is 3. The molecule has 3 rings (SSSR count). The number of fused-ring (bicyclic) bond motifs is 1. The molecule has 5 heteroatoms. The zero-order valence-electron chi connectivity index (χ0n) is 9.55. The summed E-state index contributed by atoms with van der Waals surface area (Å²) in [7, 11) is 0. The molecule has 0 aliphatic heterocycles. The van der Waals surface area contributed by atoms with Crippen LogP contribution in [0.5, 0.6) is 0 Å². The molecule has 2 aromatic heterocycles. The Kier molecular flexibility index (Phi) is 2.86. The summed E-state index contributed by atoms with van der Waals surface area (Å²) in [5, 5.41) is 7.35. The molecule has 4 nitrogen and oxygen atoms in total. The van der Waals surface area contributed by atoms with Gasteiger partial charge in [-0.3, -0.25) is 0 Å². The van der Waals surface area contributed by atoms with Crippen LogP contribution in [0.2, 0.25) is 0 Å². The molecular formula is C13H11ClN4. The molecule has 3 aromatic rings. The van der Waals surface area contributed by atoms with Gasteiger partial charge in [-0.2, -0.15) is 5.10 Å². The van der Waals surface area contributed by atoms with Crippen LogP contribution < -0.4 is 5.32 Å². The number of benzene rings is 1. The van der Waals surface area contributed by atoms with Gasteiger partial charge >= 0.3 is 0 Å². The molecule has 0 saturated heterocycles. The molecule has 18 heavy (non-hydrogen) atoms. The van der Waals surface area contributed by atoms with E-state index in [1.165, 1.54) is 0 Å². The smallest absolute Gasteiger partial charge is 0.157 e. The molecule has 0 amide bonds. The molecule has 0 radical (unpaired) electrons. The monoisotopic (exact) mass is 258 g/mol. The highest BCUT2D eigenvalue weighted by Gasteiger charge is 2.00. The van der Waals surface area contributed by atoms with E-state index in [2.05, 4.69) is 15.4 Å². The van der Waals surface area contributed by atoms with E-state index in [-0.39, 0.29) is 0 Å². The SMILES string of the molecule is ClCc1cccc(Nc2ccn3nccc3n2)c1. The Balaban J connectivity index is 1.90. The summed E-state index contributed by atoms with van der Waals surface area (Å²) >= 11 is 5.81. The molecule has 90 valence electrons. The fourth-order valence-corrected chi connectivity index (χ4v) is 1.93. The minimum absolute atomic E-state index is 0.505. The Morgan fingerprint density at radius 3 is 3.06 bits per heavy atom. The average molecular weight is 259 g/mol. The third kappa shape index (κ3) is 2.15. The fraction of sp³-hybridized carbons (Fsp3) is 0.0769. The number of halogens is 1. The average Bonchev–Trinajstić information content (AvgIpc) is 2.86. The number of aromatic nitrogens is 3. The molecule has 0 saturated carbocycles. The van der Waals surface area contributed by atoms with E-state index in [0.29, 0.717) is 5.88 Å². The lowest BCUT2D eigenvalue weighted by Gasteiger charge is -2.06. The van der Waals surface area contributed by atoms with Gasteiger partial charge in [0.05, 0.1) is 6.20 Å². The van der Waals surface area contributed by atoms with Crippen LogP contribution in [-0.4, -0.2) is 14.6 Å². The maximum atomic E-state index is 5.81. The van der Waals surface area contributed by atoms with Crippen molar-refractivity contribution in [1.82, 2.24) is 14.6 Å². The van der Waals surface area contributed by atoms with Crippen LogP contribution in [0.15, 0.2) is 48.8 Å². The Bertz CT molecular complexity index is 677. The third-order valence-corrected chi connectivity index (χ3v) is 2.92. The quantitative estimate of drug-likeness (QED) is 0.734. The molecule has 1 aromatic carbocycles. The first-order chi connectivity index (χ1) is 8.85. The van der Waals surface area contributed by atoms with Crippen LogP contribution in [0.25, 0.3) is 5.65 Å². The van der Waals surface area contributed by atoms with Crippen LogP contribution in [0.1, 0.15) is 5.56 Å². The van der Waals surface area contributed by atoms with Gasteiger partial charge in [0.25, 0.3) is 0 Å². The molecule has 0 aliphatic carbocycles. The molecule has 2 heterocycles. The van der Waals surface area contributed by atoms with Gasteiger partial charge in [-0.1, -0.05) is 12.1 Å². The third-order valence-electron chi connectivity index (χ3n) is 2.61. The first kappa shape index (κ1) is 11.0. The molecule has 0 atom stereocenters. The van der Waals surface area contributed by atoms with Crippen molar-refractivity contribution in [2.75, 3.05) is 5.32 Å². The number of alkyl halides is 1. The summed E-state index contributed by atoms with van der Waals surface area (Å²) in [6.45, 7) is 0. The van der Waals surface area contributed by atoms with Gasteiger partial charge in [0.15, 0.2) is 5.65 Å². The summed E-state index contributed by atoms with van der Waals surface area (Å²) in [6.07, 6.45) is 3.59. The first-order valence-electron chi connectivity index (χ1n) is 5.57. The largest absolute Gasteiger partial charge is 0.340 e. The van der Waals surface area contributed by atoms with E-state index >= 15 is 0 Å². The Labute approximate surface area is 109 Å². The van der Waals surface area contributed by atoms with Crippen molar-refractivity contribution in [1.29, 1.82) is 0 Å². The Hall–Kier alpha value is -2.07. The standard InChI is InChI=1S/C13H11ClN4/c14-9-10-2-1-3-11(8-10)16-12-5-7-18-13(17-12)4-6-15-18/h1-8H,9H2,(H,16,17). The van der Waals surface area contributed by atoms with Gasteiger partial charge in [0, 0.05) is 23.8 Å². The molecule has 0 unspecified atom stereocenters. The number of rotatable bonds is 3. The lowest BCUT2D eigenvalue weighted by Crippen LogP contribution is -1.97. The van der Waals surface area contributed by atoms with E-state index in [1.54, 1.807) is 10.7 Å². The van der Waals surface area contributed by atoms with Gasteiger partial charge in [-0.25, -0.2) is 9.50 Å². The lowest BCUT2D eigenvalue weighted by molar-refractivity contribution is 0.941. The number of hydrogen-bond donors (Lipinski definition) is 1. The second kappa shape index (κ2) is 4.66. The van der Waals surface area contributed by atoms with Crippen LogP contribution in [-0.2, 0) is 5.88 Å². The molecule has 0 fully saturated rings. The van der Waals surface area contributed by atoms with Crippen LogP contribution in [0, 0.1) is 0 Å². The van der Waals surface area contributed by atoms with E-state index in [9.17, 15) is 0 Å². The van der Waals surface area contributed by atoms with Crippen molar-refractivity contribution < 1.29 is 0 Å². The number of hydrogen-bond acceptors (Lipinski definition) is 3. The van der Waals surface area contributed by atoms with E-state index < -0.39 is 0 Å². The highest BCUT2D eigenvalue weighted by Crippen LogP contribution is 2.17. The summed E-state index contributed by atoms with van der Waals surface area (Å²) in [6, 6.07) is 11.7. The topological polar surface area (TPSA) is 42.2 Å². The van der Waals surface area contributed by atoms with Crippen molar-refractivity contribution in [2.24, 2.45) is 0 Å². The van der Waals surface area contributed by atoms with Crippen LogP contribution >= 0.6 is 11.6 Å². The maximum Gasteiger partial charge on any atom is 0.157 e. The molecule has 0 bridgehead atoms. The number of anilines is 2. The van der Waals surface area contributed by atoms with Gasteiger partial charge in [-0.05, 0) is 23.8 Å². The molecular weight excluding hydrogens is 248 g/mol. The maximum absolute atomic E-state index is 5.81. The van der Waals surface area contributed by atoms with Gasteiger partial charge in [-0.15, -0.1) is 11.6 Å². The predicted octanol–water partition coefficient (Wildman–Crippen LogP) is 3.21. The first-order valence-corrected chi connectivity index (χ1v) is 6.11. The van der Waals surface area contributed by atoms with Crippen molar-refractivity contribution >= 4 is 28.8 Å². The Morgan fingerprint density at radius 1 is 1.22 bits per heavy atom. The predicted molar refractivity (Wildman–Crippen MR) is 72.3 cm³/mol. The van der Waals surface area contributed by atoms with Crippen LogP contribution in [0.3, 0.4) is 0 Å². The molecule has 1 N–H and O–H groups in total. The Morgan fingerprint density at radius 2 is 2.17 bits per heavy atom. The summed E-state index contributed by atoms with van der Waals surface area (Å²) in [4.78, 5) is 4.44. The zero-order valence-corrected chi connectivity index (χ0v) is 10.3.